The summed E-state index contributed by atoms with van der Waals surface area (Å²) in [5.74, 6) is 0. The zero-order valence-electron chi connectivity index (χ0n) is 13.4. The van der Waals surface area contributed by atoms with E-state index >= 15 is 0 Å². The fraction of sp³-hybridized carbons (Fsp3) is 0.188. The maximum atomic E-state index is 12.9. The Hall–Kier alpha value is -2.50. The molecular formula is C16H9F9N2S. The van der Waals surface area contributed by atoms with Crippen LogP contribution in [0.25, 0.3) is 0 Å². The van der Waals surface area contributed by atoms with Gasteiger partial charge in [-0.05, 0) is 42.5 Å². The third-order valence-corrected chi connectivity index (χ3v) is 3.53. The summed E-state index contributed by atoms with van der Waals surface area (Å²) in [5, 5.41) is 3.55. The molecule has 2 nitrogen and oxygen atoms in total. The summed E-state index contributed by atoms with van der Waals surface area (Å²) < 4.78 is 116. The van der Waals surface area contributed by atoms with E-state index in [4.69, 9.17) is 12.2 Å². The van der Waals surface area contributed by atoms with E-state index in [1.54, 1.807) is 0 Å². The Morgan fingerprint density at radius 1 is 0.679 bits per heavy atom. The van der Waals surface area contributed by atoms with Crippen LogP contribution in [0, 0.1) is 0 Å². The van der Waals surface area contributed by atoms with Gasteiger partial charge in [0.2, 0.25) is 0 Å². The molecule has 0 heterocycles. The predicted molar refractivity (Wildman–Crippen MR) is 87.7 cm³/mol. The molecule has 2 aromatic rings. The monoisotopic (exact) mass is 432 g/mol. The van der Waals surface area contributed by atoms with Gasteiger partial charge in [-0.2, -0.15) is 39.5 Å². The van der Waals surface area contributed by atoms with Crippen molar-refractivity contribution in [3.63, 3.8) is 0 Å². The fourth-order valence-electron chi connectivity index (χ4n) is 2.15. The molecule has 0 aliphatic carbocycles. The smallest absolute Gasteiger partial charge is 0.332 e. The Kier molecular flexibility index (Phi) is 5.83. The van der Waals surface area contributed by atoms with Gasteiger partial charge in [0.05, 0.1) is 22.4 Å². The number of thiocarbonyl (C=S) groups is 1. The highest BCUT2D eigenvalue weighted by atomic mass is 32.1. The second-order valence-electron chi connectivity index (χ2n) is 5.42. The van der Waals surface area contributed by atoms with Crippen LogP contribution in [0.4, 0.5) is 50.9 Å². The highest BCUT2D eigenvalue weighted by Gasteiger charge is 2.37. The number of halogens is 9. The van der Waals surface area contributed by atoms with Gasteiger partial charge in [-0.3, -0.25) is 0 Å². The first-order valence-corrected chi connectivity index (χ1v) is 7.62. The number of rotatable bonds is 2. The molecule has 2 N–H and O–H groups in total. The number of anilines is 2. The predicted octanol–water partition coefficient (Wildman–Crippen LogP) is 6.55. The van der Waals surface area contributed by atoms with E-state index in [9.17, 15) is 39.5 Å². The minimum Gasteiger partial charge on any atom is -0.332 e. The molecule has 152 valence electrons. The zero-order chi connectivity index (χ0) is 21.3. The van der Waals surface area contributed by atoms with Gasteiger partial charge in [0.15, 0.2) is 5.11 Å². The maximum absolute atomic E-state index is 12.9. The molecule has 0 aromatic heterocycles. The van der Waals surface area contributed by atoms with Crippen molar-refractivity contribution in [2.75, 3.05) is 10.6 Å². The van der Waals surface area contributed by atoms with Crippen molar-refractivity contribution in [3.05, 3.63) is 59.2 Å². The van der Waals surface area contributed by atoms with Gasteiger partial charge in [-0.25, -0.2) is 0 Å². The van der Waals surface area contributed by atoms with E-state index < -0.39 is 51.7 Å². The molecule has 0 aliphatic heterocycles. The van der Waals surface area contributed by atoms with Crippen molar-refractivity contribution in [2.24, 2.45) is 0 Å². The zero-order valence-corrected chi connectivity index (χ0v) is 14.2. The van der Waals surface area contributed by atoms with Gasteiger partial charge in [0.1, 0.15) is 0 Å². The molecule has 0 fully saturated rings. The lowest BCUT2D eigenvalue weighted by Crippen LogP contribution is -2.22. The van der Waals surface area contributed by atoms with Crippen LogP contribution in [0.5, 0.6) is 0 Å². The molecular weight excluding hydrogens is 423 g/mol. The molecule has 0 saturated heterocycles. The van der Waals surface area contributed by atoms with E-state index in [2.05, 4.69) is 5.32 Å². The number of benzene rings is 2. The van der Waals surface area contributed by atoms with E-state index in [-0.39, 0.29) is 6.07 Å². The van der Waals surface area contributed by atoms with Crippen molar-refractivity contribution in [1.82, 2.24) is 0 Å². The van der Waals surface area contributed by atoms with Crippen LogP contribution in [0.1, 0.15) is 16.7 Å². The van der Waals surface area contributed by atoms with Crippen LogP contribution in [-0.4, -0.2) is 5.11 Å². The van der Waals surface area contributed by atoms with Crippen LogP contribution in [0.15, 0.2) is 42.5 Å². The average Bonchev–Trinajstić information content (AvgIpc) is 2.52. The van der Waals surface area contributed by atoms with Crippen LogP contribution in [0.3, 0.4) is 0 Å². The van der Waals surface area contributed by atoms with Gasteiger partial charge in [-0.15, -0.1) is 0 Å². The van der Waals surface area contributed by atoms with Gasteiger partial charge in [-0.1, -0.05) is 12.1 Å². The quantitative estimate of drug-likeness (QED) is 0.416. The molecule has 28 heavy (non-hydrogen) atoms. The second-order valence-corrected chi connectivity index (χ2v) is 5.83. The van der Waals surface area contributed by atoms with Crippen LogP contribution in [-0.2, 0) is 18.5 Å². The first-order chi connectivity index (χ1) is 12.7. The standard InChI is InChI=1S/C16H9F9N2S/c17-14(18,19)8-5-9(15(20,21)22)7-10(6-8)26-13(28)27-12-4-2-1-3-11(12)16(23,24)25/h1-7H,(H2,26,27,28). The van der Waals surface area contributed by atoms with Gasteiger partial charge < -0.3 is 10.6 Å². The lowest BCUT2D eigenvalue weighted by atomic mass is 10.1. The molecule has 0 atom stereocenters. The highest BCUT2D eigenvalue weighted by Crippen LogP contribution is 2.38. The number of alkyl halides is 9. The fourth-order valence-corrected chi connectivity index (χ4v) is 2.38. The molecule has 2 aromatic carbocycles. The number of para-hydroxylation sites is 1. The third-order valence-electron chi connectivity index (χ3n) is 3.33. The van der Waals surface area contributed by atoms with Crippen molar-refractivity contribution < 1.29 is 39.5 Å². The van der Waals surface area contributed by atoms with E-state index in [0.717, 1.165) is 18.2 Å². The molecule has 0 bridgehead atoms. The summed E-state index contributed by atoms with van der Waals surface area (Å²) in [4.78, 5) is 0. The van der Waals surface area contributed by atoms with Crippen molar-refractivity contribution in [1.29, 1.82) is 0 Å². The van der Waals surface area contributed by atoms with E-state index in [0.29, 0.717) is 12.1 Å². The summed E-state index contributed by atoms with van der Waals surface area (Å²) in [6, 6.07) is 4.72. The van der Waals surface area contributed by atoms with E-state index in [1.807, 2.05) is 5.32 Å². The van der Waals surface area contributed by atoms with Crippen molar-refractivity contribution in [2.45, 2.75) is 18.5 Å². The van der Waals surface area contributed by atoms with Crippen LogP contribution in [0.2, 0.25) is 0 Å². The molecule has 0 saturated carbocycles. The summed E-state index contributed by atoms with van der Waals surface area (Å²) in [7, 11) is 0. The second kappa shape index (κ2) is 7.49. The molecule has 0 unspecified atom stereocenters. The summed E-state index contributed by atoms with van der Waals surface area (Å²) in [5.41, 5.74) is -5.51. The number of hydrogen-bond donors (Lipinski definition) is 2. The lowest BCUT2D eigenvalue weighted by Gasteiger charge is -2.18. The van der Waals surface area contributed by atoms with Crippen molar-refractivity contribution in [3.8, 4) is 0 Å². The summed E-state index contributed by atoms with van der Waals surface area (Å²) in [6.07, 6.45) is -14.9. The first kappa shape index (κ1) is 21.8. The third kappa shape index (κ3) is 5.50. The first-order valence-electron chi connectivity index (χ1n) is 7.21. The topological polar surface area (TPSA) is 24.1 Å². The molecule has 0 radical (unpaired) electrons. The van der Waals surface area contributed by atoms with Gasteiger partial charge in [0.25, 0.3) is 0 Å². The minimum atomic E-state index is -5.07. The Labute approximate surface area is 157 Å². The molecule has 0 spiro atoms. The van der Waals surface area contributed by atoms with Gasteiger partial charge >= 0.3 is 18.5 Å². The van der Waals surface area contributed by atoms with Crippen LogP contribution < -0.4 is 10.6 Å². The Morgan fingerprint density at radius 3 is 1.64 bits per heavy atom. The molecule has 2 rings (SSSR count). The maximum Gasteiger partial charge on any atom is 0.418 e. The Bertz CT molecular complexity index is 837. The van der Waals surface area contributed by atoms with Crippen molar-refractivity contribution >= 4 is 28.7 Å². The van der Waals surface area contributed by atoms with E-state index in [1.165, 1.54) is 6.07 Å². The highest BCUT2D eigenvalue weighted by molar-refractivity contribution is 7.80. The number of nitrogens with one attached hydrogen (secondary N) is 2. The Balaban J connectivity index is 2.32. The number of hydrogen-bond acceptors (Lipinski definition) is 1. The van der Waals surface area contributed by atoms with Gasteiger partial charge in [0, 0.05) is 5.69 Å². The minimum absolute atomic E-state index is 0.0827. The SMILES string of the molecule is FC(F)(F)c1cc(NC(=S)Nc2ccccc2C(F)(F)F)cc(C(F)(F)F)c1. The molecule has 0 aliphatic rings. The lowest BCUT2D eigenvalue weighted by molar-refractivity contribution is -0.143. The molecule has 12 heteroatoms. The van der Waals surface area contributed by atoms with Crippen LogP contribution >= 0.6 is 12.2 Å². The molecule has 0 amide bonds. The normalized spacial score (nSPS) is 12.6. The largest absolute Gasteiger partial charge is 0.418 e. The average molecular weight is 432 g/mol. The summed E-state index contributed by atoms with van der Waals surface area (Å²) in [6.45, 7) is 0. The Morgan fingerprint density at radius 2 is 1.18 bits per heavy atom. The summed E-state index contributed by atoms with van der Waals surface area (Å²) >= 11 is 4.72.